The van der Waals surface area contributed by atoms with E-state index in [0.717, 1.165) is 26.1 Å². The zero-order valence-corrected chi connectivity index (χ0v) is 9.06. The van der Waals surface area contributed by atoms with E-state index in [2.05, 4.69) is 22.0 Å². The van der Waals surface area contributed by atoms with Gasteiger partial charge in [0.05, 0.1) is 20.2 Å². The minimum absolute atomic E-state index is 0.245. The van der Waals surface area contributed by atoms with Crippen molar-refractivity contribution in [2.24, 2.45) is 7.05 Å². The number of nitrogens with zero attached hydrogens (tertiary/aromatic N) is 3. The van der Waals surface area contributed by atoms with Crippen LogP contribution in [0.5, 0.6) is 0 Å². The zero-order chi connectivity index (χ0) is 10.4. The molecule has 1 aromatic rings. The van der Waals surface area contributed by atoms with Gasteiger partial charge in [-0.3, -0.25) is 0 Å². The molecule has 4 nitrogen and oxygen atoms in total. The molecule has 0 spiro atoms. The van der Waals surface area contributed by atoms with Crippen molar-refractivity contribution >= 4 is 0 Å². The fourth-order valence-electron chi connectivity index (χ4n) is 1.44. The highest BCUT2D eigenvalue weighted by Gasteiger charge is 2.01. The van der Waals surface area contributed by atoms with E-state index in [4.69, 9.17) is 5.11 Å². The van der Waals surface area contributed by atoms with Crippen LogP contribution in [0.4, 0.5) is 0 Å². The molecule has 0 aliphatic carbocycles. The Morgan fingerprint density at radius 1 is 1.43 bits per heavy atom. The molecule has 80 valence electrons. The molecule has 1 rings (SSSR count). The van der Waals surface area contributed by atoms with Gasteiger partial charge in [0.2, 0.25) is 6.33 Å². The van der Waals surface area contributed by atoms with Crippen LogP contribution < -0.4 is 4.57 Å². The highest BCUT2D eigenvalue weighted by molar-refractivity contribution is 4.62. The number of aliphatic hydroxyl groups excluding tert-OH is 1. The minimum atomic E-state index is 0.245. The van der Waals surface area contributed by atoms with Crippen LogP contribution in [0, 0.1) is 0 Å². The lowest BCUT2D eigenvalue weighted by molar-refractivity contribution is -0.696. The van der Waals surface area contributed by atoms with E-state index in [0.29, 0.717) is 0 Å². The fourth-order valence-corrected chi connectivity index (χ4v) is 1.44. The second kappa shape index (κ2) is 5.78. The molecule has 0 atom stereocenters. The van der Waals surface area contributed by atoms with Gasteiger partial charge in [0.1, 0.15) is 12.4 Å². The number of imidazole rings is 1. The van der Waals surface area contributed by atoms with Crippen LogP contribution in [0.2, 0.25) is 0 Å². The predicted molar refractivity (Wildman–Crippen MR) is 54.8 cm³/mol. The predicted octanol–water partition coefficient (Wildman–Crippen LogP) is -0.373. The Hall–Kier alpha value is -0.870. The zero-order valence-electron chi connectivity index (χ0n) is 9.06. The number of hydrogen-bond acceptors (Lipinski definition) is 2. The maximum atomic E-state index is 8.71. The first kappa shape index (κ1) is 11.2. The second-order valence-corrected chi connectivity index (χ2v) is 3.70. The molecular formula is C10H20N3O+. The first-order valence-electron chi connectivity index (χ1n) is 5.03. The Morgan fingerprint density at radius 2 is 2.21 bits per heavy atom. The molecule has 4 heteroatoms. The number of likely N-dealkylation sites (N-methyl/N-ethyl adjacent to an activating group) is 1. The molecular weight excluding hydrogens is 178 g/mol. The number of aryl methyl sites for hydroxylation is 2. The summed E-state index contributed by atoms with van der Waals surface area (Å²) in [5.41, 5.74) is 0. The largest absolute Gasteiger partial charge is 0.395 e. The van der Waals surface area contributed by atoms with E-state index in [9.17, 15) is 0 Å². The summed E-state index contributed by atoms with van der Waals surface area (Å²) in [4.78, 5) is 2.14. The Bertz CT molecular complexity index is 260. The van der Waals surface area contributed by atoms with Crippen LogP contribution in [0.25, 0.3) is 0 Å². The summed E-state index contributed by atoms with van der Waals surface area (Å²) in [6, 6.07) is 0. The summed E-state index contributed by atoms with van der Waals surface area (Å²) >= 11 is 0. The SMILES string of the molecule is CN(CCO)CCC[n+]1ccn(C)c1. The van der Waals surface area contributed by atoms with Crippen LogP contribution in [0.15, 0.2) is 18.7 Å². The number of hydrogen-bond donors (Lipinski definition) is 1. The molecule has 1 N–H and O–H groups in total. The third-order valence-electron chi connectivity index (χ3n) is 2.26. The molecule has 0 saturated carbocycles. The standard InChI is InChI=1S/C10H20N3O/c1-11(8-9-14)4-3-5-13-7-6-12(2)10-13/h6-7,10,14H,3-5,8-9H2,1-2H3/q+1. The fraction of sp³-hybridized carbons (Fsp3) is 0.700. The lowest BCUT2D eigenvalue weighted by Gasteiger charge is -2.13. The topological polar surface area (TPSA) is 32.3 Å². The van der Waals surface area contributed by atoms with Crippen LogP contribution in [0.1, 0.15) is 6.42 Å². The molecule has 0 aliphatic heterocycles. The highest BCUT2D eigenvalue weighted by Crippen LogP contribution is 1.87. The third kappa shape index (κ3) is 3.89. The average molecular weight is 198 g/mol. The van der Waals surface area contributed by atoms with E-state index in [1.165, 1.54) is 0 Å². The summed E-state index contributed by atoms with van der Waals surface area (Å²) in [6.07, 6.45) is 7.31. The Kier molecular flexibility index (Phi) is 4.62. The monoisotopic (exact) mass is 198 g/mol. The Morgan fingerprint density at radius 3 is 2.79 bits per heavy atom. The van der Waals surface area contributed by atoms with E-state index >= 15 is 0 Å². The van der Waals surface area contributed by atoms with Gasteiger partial charge in [0.25, 0.3) is 0 Å². The number of aliphatic hydroxyl groups is 1. The molecule has 0 radical (unpaired) electrons. The quantitative estimate of drug-likeness (QED) is 0.632. The minimum Gasteiger partial charge on any atom is -0.395 e. The van der Waals surface area contributed by atoms with Gasteiger partial charge in [-0.2, -0.15) is 0 Å². The molecule has 1 heterocycles. The van der Waals surface area contributed by atoms with Gasteiger partial charge in [-0.15, -0.1) is 0 Å². The molecule has 0 bridgehead atoms. The highest BCUT2D eigenvalue weighted by atomic mass is 16.3. The van der Waals surface area contributed by atoms with Crippen LogP contribution >= 0.6 is 0 Å². The van der Waals surface area contributed by atoms with Crippen molar-refractivity contribution in [1.82, 2.24) is 9.47 Å². The van der Waals surface area contributed by atoms with Crippen LogP contribution in [-0.2, 0) is 13.6 Å². The average Bonchev–Trinajstić information content (AvgIpc) is 2.52. The molecule has 0 saturated heterocycles. The third-order valence-corrected chi connectivity index (χ3v) is 2.26. The first-order valence-corrected chi connectivity index (χ1v) is 5.03. The van der Waals surface area contributed by atoms with Gasteiger partial charge in [0, 0.05) is 13.1 Å². The second-order valence-electron chi connectivity index (χ2n) is 3.70. The molecule has 14 heavy (non-hydrogen) atoms. The number of aromatic nitrogens is 2. The number of rotatable bonds is 6. The van der Waals surface area contributed by atoms with Crippen molar-refractivity contribution in [3.05, 3.63) is 18.7 Å². The smallest absolute Gasteiger partial charge is 0.243 e. The van der Waals surface area contributed by atoms with Gasteiger partial charge in [-0.1, -0.05) is 0 Å². The van der Waals surface area contributed by atoms with Crippen molar-refractivity contribution in [1.29, 1.82) is 0 Å². The van der Waals surface area contributed by atoms with Crippen molar-refractivity contribution in [2.45, 2.75) is 13.0 Å². The Balaban J connectivity index is 2.15. The maximum absolute atomic E-state index is 8.71. The van der Waals surface area contributed by atoms with Gasteiger partial charge < -0.3 is 10.0 Å². The van der Waals surface area contributed by atoms with Crippen molar-refractivity contribution in [2.75, 3.05) is 26.7 Å². The molecule has 0 fully saturated rings. The lowest BCUT2D eigenvalue weighted by Crippen LogP contribution is -2.33. The van der Waals surface area contributed by atoms with Crippen molar-refractivity contribution in [3.63, 3.8) is 0 Å². The van der Waals surface area contributed by atoms with E-state index in [-0.39, 0.29) is 6.61 Å². The maximum Gasteiger partial charge on any atom is 0.243 e. The molecule has 0 amide bonds. The van der Waals surface area contributed by atoms with Gasteiger partial charge in [-0.05, 0) is 13.5 Å². The van der Waals surface area contributed by atoms with E-state index < -0.39 is 0 Å². The summed E-state index contributed by atoms with van der Waals surface area (Å²) in [5, 5.41) is 8.71. The molecule has 0 aliphatic rings. The normalized spacial score (nSPS) is 11.1. The molecule has 0 aromatic carbocycles. The van der Waals surface area contributed by atoms with Gasteiger partial charge >= 0.3 is 0 Å². The van der Waals surface area contributed by atoms with Gasteiger partial charge in [0.15, 0.2) is 0 Å². The van der Waals surface area contributed by atoms with E-state index in [1.54, 1.807) is 0 Å². The van der Waals surface area contributed by atoms with Crippen LogP contribution in [-0.4, -0.2) is 41.3 Å². The van der Waals surface area contributed by atoms with E-state index in [1.807, 2.05) is 24.9 Å². The molecule has 0 unspecified atom stereocenters. The van der Waals surface area contributed by atoms with Crippen LogP contribution in [0.3, 0.4) is 0 Å². The Labute approximate surface area is 85.4 Å². The summed E-state index contributed by atoms with van der Waals surface area (Å²) in [6.45, 7) is 3.08. The van der Waals surface area contributed by atoms with Crippen molar-refractivity contribution < 1.29 is 9.67 Å². The first-order chi connectivity index (χ1) is 6.72. The van der Waals surface area contributed by atoms with Crippen molar-refractivity contribution in [3.8, 4) is 0 Å². The lowest BCUT2D eigenvalue weighted by atomic mass is 10.4. The summed E-state index contributed by atoms with van der Waals surface area (Å²) < 4.78 is 4.21. The summed E-state index contributed by atoms with van der Waals surface area (Å²) in [5.74, 6) is 0. The molecule has 1 aromatic heterocycles. The van der Waals surface area contributed by atoms with Gasteiger partial charge in [-0.25, -0.2) is 9.13 Å². The summed E-state index contributed by atoms with van der Waals surface area (Å²) in [7, 11) is 4.06.